The van der Waals surface area contributed by atoms with Crippen molar-refractivity contribution in [2.75, 3.05) is 11.4 Å². The van der Waals surface area contributed by atoms with Gasteiger partial charge in [-0.3, -0.25) is 4.79 Å². The molecule has 0 atom stereocenters. The molecular formula is C20H23ClN2O. The highest BCUT2D eigenvalue weighted by molar-refractivity contribution is 6.08. The molecular weight excluding hydrogens is 320 g/mol. The van der Waals surface area contributed by atoms with Gasteiger partial charge in [0.25, 0.3) is 5.91 Å². The number of benzene rings is 2. The first kappa shape index (κ1) is 17.0. The largest absolute Gasteiger partial charge is 0.326 e. The number of carbonyl (C=O) groups is 1. The Balaban J connectivity index is 0.00000169. The van der Waals surface area contributed by atoms with Gasteiger partial charge in [-0.15, -0.1) is 12.4 Å². The van der Waals surface area contributed by atoms with Crippen molar-refractivity contribution in [3.63, 3.8) is 0 Å². The van der Waals surface area contributed by atoms with Crippen LogP contribution in [0.25, 0.3) is 0 Å². The summed E-state index contributed by atoms with van der Waals surface area (Å²) < 4.78 is 0. The molecule has 126 valence electrons. The SMILES string of the molecule is Cl.NCc1ccc2c(c1)CCCN2C(=O)c1cccc2c1CCC2. The zero-order chi connectivity index (χ0) is 15.8. The molecule has 0 saturated heterocycles. The summed E-state index contributed by atoms with van der Waals surface area (Å²) in [7, 11) is 0. The molecule has 1 aliphatic heterocycles. The van der Waals surface area contributed by atoms with E-state index in [0.29, 0.717) is 6.54 Å². The van der Waals surface area contributed by atoms with Gasteiger partial charge in [-0.2, -0.15) is 0 Å². The molecule has 0 bridgehead atoms. The number of amides is 1. The minimum absolute atomic E-state index is 0. The third kappa shape index (κ3) is 2.83. The average molecular weight is 343 g/mol. The van der Waals surface area contributed by atoms with Gasteiger partial charge < -0.3 is 10.6 Å². The van der Waals surface area contributed by atoms with Gasteiger partial charge in [0.15, 0.2) is 0 Å². The third-order valence-electron chi connectivity index (χ3n) is 5.12. The number of carbonyl (C=O) groups excluding carboxylic acids is 1. The monoisotopic (exact) mass is 342 g/mol. The second kappa shape index (κ2) is 6.96. The lowest BCUT2D eigenvalue weighted by Crippen LogP contribution is -2.36. The number of rotatable bonds is 2. The zero-order valence-electron chi connectivity index (χ0n) is 13.8. The van der Waals surface area contributed by atoms with Crippen LogP contribution in [0.15, 0.2) is 36.4 Å². The smallest absolute Gasteiger partial charge is 0.258 e. The number of halogens is 1. The first-order valence-corrected chi connectivity index (χ1v) is 8.52. The van der Waals surface area contributed by atoms with Gasteiger partial charge in [0.05, 0.1) is 0 Å². The van der Waals surface area contributed by atoms with Crippen molar-refractivity contribution in [1.29, 1.82) is 0 Å². The minimum atomic E-state index is 0. The maximum absolute atomic E-state index is 13.2. The molecule has 0 fully saturated rings. The Morgan fingerprint density at radius 3 is 2.71 bits per heavy atom. The molecule has 2 aromatic rings. The van der Waals surface area contributed by atoms with Gasteiger partial charge >= 0.3 is 0 Å². The first-order valence-electron chi connectivity index (χ1n) is 8.52. The first-order chi connectivity index (χ1) is 11.3. The fourth-order valence-electron chi connectivity index (χ4n) is 3.95. The van der Waals surface area contributed by atoms with E-state index in [1.54, 1.807) is 0 Å². The van der Waals surface area contributed by atoms with Crippen molar-refractivity contribution in [2.45, 2.75) is 38.6 Å². The van der Waals surface area contributed by atoms with Crippen molar-refractivity contribution >= 4 is 24.0 Å². The van der Waals surface area contributed by atoms with Gasteiger partial charge in [-0.05, 0) is 66.5 Å². The Bertz CT molecular complexity index is 772. The van der Waals surface area contributed by atoms with Crippen LogP contribution < -0.4 is 10.6 Å². The van der Waals surface area contributed by atoms with Crippen LogP contribution in [0.5, 0.6) is 0 Å². The summed E-state index contributed by atoms with van der Waals surface area (Å²) >= 11 is 0. The van der Waals surface area contributed by atoms with Crippen LogP contribution in [-0.4, -0.2) is 12.5 Å². The lowest BCUT2D eigenvalue weighted by molar-refractivity contribution is 0.0984. The Kier molecular flexibility index (Phi) is 4.93. The van der Waals surface area contributed by atoms with Crippen LogP contribution in [-0.2, 0) is 25.8 Å². The summed E-state index contributed by atoms with van der Waals surface area (Å²) in [4.78, 5) is 15.1. The summed E-state index contributed by atoms with van der Waals surface area (Å²) in [5.74, 6) is 0.158. The summed E-state index contributed by atoms with van der Waals surface area (Å²) in [5.41, 5.74) is 12.7. The molecule has 2 aromatic carbocycles. The predicted molar refractivity (Wildman–Crippen MR) is 100 cm³/mol. The van der Waals surface area contributed by atoms with E-state index < -0.39 is 0 Å². The molecule has 4 rings (SSSR count). The van der Waals surface area contributed by atoms with Crippen LogP contribution in [0.1, 0.15) is 45.5 Å². The molecule has 1 heterocycles. The second-order valence-electron chi connectivity index (χ2n) is 6.52. The lowest BCUT2D eigenvalue weighted by atomic mass is 9.97. The van der Waals surface area contributed by atoms with Crippen LogP contribution >= 0.6 is 12.4 Å². The van der Waals surface area contributed by atoms with E-state index >= 15 is 0 Å². The van der Waals surface area contributed by atoms with Crippen LogP contribution in [0.3, 0.4) is 0 Å². The molecule has 4 heteroatoms. The molecule has 0 spiro atoms. The van der Waals surface area contributed by atoms with Gasteiger partial charge in [0, 0.05) is 24.3 Å². The summed E-state index contributed by atoms with van der Waals surface area (Å²) in [6, 6.07) is 12.5. The van der Waals surface area contributed by atoms with E-state index in [-0.39, 0.29) is 18.3 Å². The molecule has 0 radical (unpaired) electrons. The lowest BCUT2D eigenvalue weighted by Gasteiger charge is -2.30. The fraction of sp³-hybridized carbons (Fsp3) is 0.350. The minimum Gasteiger partial charge on any atom is -0.326 e. The Morgan fingerprint density at radius 2 is 1.88 bits per heavy atom. The quantitative estimate of drug-likeness (QED) is 0.905. The molecule has 0 aromatic heterocycles. The predicted octanol–water partition coefficient (Wildman–Crippen LogP) is 3.65. The maximum Gasteiger partial charge on any atom is 0.258 e. The van der Waals surface area contributed by atoms with E-state index in [0.717, 1.165) is 55.5 Å². The van der Waals surface area contributed by atoms with E-state index in [4.69, 9.17) is 5.73 Å². The molecule has 2 aliphatic rings. The Morgan fingerprint density at radius 1 is 1.04 bits per heavy atom. The Labute approximate surface area is 149 Å². The highest BCUT2D eigenvalue weighted by atomic mass is 35.5. The van der Waals surface area contributed by atoms with E-state index in [2.05, 4.69) is 18.2 Å². The maximum atomic E-state index is 13.2. The van der Waals surface area contributed by atoms with Gasteiger partial charge in [0.2, 0.25) is 0 Å². The van der Waals surface area contributed by atoms with Crippen LogP contribution in [0.4, 0.5) is 5.69 Å². The van der Waals surface area contributed by atoms with Gasteiger partial charge in [-0.1, -0.05) is 24.3 Å². The number of aryl methyl sites for hydroxylation is 2. The number of hydrogen-bond acceptors (Lipinski definition) is 2. The normalized spacial score (nSPS) is 15.5. The van der Waals surface area contributed by atoms with Crippen LogP contribution in [0, 0.1) is 0 Å². The molecule has 0 saturated carbocycles. The van der Waals surface area contributed by atoms with Crippen molar-refractivity contribution in [3.05, 3.63) is 64.2 Å². The van der Waals surface area contributed by atoms with Crippen molar-refractivity contribution in [2.24, 2.45) is 5.73 Å². The number of anilines is 1. The van der Waals surface area contributed by atoms with E-state index in [1.165, 1.54) is 16.7 Å². The van der Waals surface area contributed by atoms with Crippen molar-refractivity contribution in [1.82, 2.24) is 0 Å². The standard InChI is InChI=1S/C20H22N2O.ClH/c21-13-14-9-10-19-16(12-14)6-3-11-22(19)20(23)18-8-2-5-15-4-1-7-17(15)18;/h2,5,8-10,12H,1,3-4,6-7,11,13,21H2;1H. The topological polar surface area (TPSA) is 46.3 Å². The summed E-state index contributed by atoms with van der Waals surface area (Å²) in [5, 5.41) is 0. The number of fused-ring (bicyclic) bond motifs is 2. The fourth-order valence-corrected chi connectivity index (χ4v) is 3.95. The number of hydrogen-bond donors (Lipinski definition) is 1. The van der Waals surface area contributed by atoms with E-state index in [9.17, 15) is 4.79 Å². The highest BCUT2D eigenvalue weighted by Crippen LogP contribution is 2.32. The molecule has 0 unspecified atom stereocenters. The van der Waals surface area contributed by atoms with Crippen molar-refractivity contribution < 1.29 is 4.79 Å². The number of nitrogens with two attached hydrogens (primary N) is 1. The van der Waals surface area contributed by atoms with E-state index in [1.807, 2.05) is 23.1 Å². The van der Waals surface area contributed by atoms with Crippen LogP contribution in [0.2, 0.25) is 0 Å². The zero-order valence-corrected chi connectivity index (χ0v) is 14.6. The molecule has 3 nitrogen and oxygen atoms in total. The molecule has 24 heavy (non-hydrogen) atoms. The highest BCUT2D eigenvalue weighted by Gasteiger charge is 2.27. The van der Waals surface area contributed by atoms with Crippen molar-refractivity contribution in [3.8, 4) is 0 Å². The Hall–Kier alpha value is -1.84. The second-order valence-corrected chi connectivity index (χ2v) is 6.52. The average Bonchev–Trinajstić information content (AvgIpc) is 3.08. The van der Waals surface area contributed by atoms with Gasteiger partial charge in [0.1, 0.15) is 0 Å². The third-order valence-corrected chi connectivity index (χ3v) is 5.12. The molecule has 1 aliphatic carbocycles. The summed E-state index contributed by atoms with van der Waals surface area (Å²) in [6.45, 7) is 1.35. The summed E-state index contributed by atoms with van der Waals surface area (Å²) in [6.07, 6.45) is 5.34. The number of nitrogens with zero attached hydrogens (tertiary/aromatic N) is 1. The molecule has 2 N–H and O–H groups in total. The van der Waals surface area contributed by atoms with Gasteiger partial charge in [-0.25, -0.2) is 0 Å². The molecule has 1 amide bonds.